The van der Waals surface area contributed by atoms with Crippen LogP contribution in [-0.2, 0) is 4.79 Å². The second-order valence-corrected chi connectivity index (χ2v) is 4.54. The average Bonchev–Trinajstić information content (AvgIpc) is 2.83. The highest BCUT2D eigenvalue weighted by Crippen LogP contribution is 2.25. The van der Waals surface area contributed by atoms with Crippen molar-refractivity contribution in [1.82, 2.24) is 10.3 Å². The van der Waals surface area contributed by atoms with Gasteiger partial charge >= 0.3 is 0 Å². The Kier molecular flexibility index (Phi) is 4.57. The van der Waals surface area contributed by atoms with Crippen molar-refractivity contribution >= 4 is 23.3 Å². The van der Waals surface area contributed by atoms with Crippen LogP contribution in [0.25, 0.3) is 0 Å². The molecule has 20 heavy (non-hydrogen) atoms. The van der Waals surface area contributed by atoms with E-state index in [0.717, 1.165) is 0 Å². The van der Waals surface area contributed by atoms with Gasteiger partial charge in [-0.05, 0) is 30.6 Å². The van der Waals surface area contributed by atoms with Gasteiger partial charge in [0.1, 0.15) is 11.4 Å². The van der Waals surface area contributed by atoms with E-state index in [2.05, 4.69) is 20.3 Å². The first kappa shape index (κ1) is 14.3. The lowest BCUT2D eigenvalue weighted by molar-refractivity contribution is -0.122. The monoisotopic (exact) mass is 295 g/mol. The number of nitrogens with zero attached hydrogens (tertiary/aromatic N) is 2. The summed E-state index contributed by atoms with van der Waals surface area (Å²) in [4.78, 5) is 12.1. The third-order valence-electron chi connectivity index (χ3n) is 2.66. The minimum absolute atomic E-state index is 0.288. The van der Waals surface area contributed by atoms with Gasteiger partial charge in [-0.15, -0.1) is 0 Å². The number of hydrogen-bond acceptors (Lipinski definition) is 5. The number of amides is 1. The summed E-state index contributed by atoms with van der Waals surface area (Å²) in [6.45, 7) is 3.52. The van der Waals surface area contributed by atoms with Crippen molar-refractivity contribution in [3.63, 3.8) is 0 Å². The van der Waals surface area contributed by atoms with Gasteiger partial charge < -0.3 is 10.1 Å². The first-order chi connectivity index (χ1) is 9.61. The lowest BCUT2D eigenvalue weighted by atomic mass is 10.2. The molecule has 1 aromatic heterocycles. The molecule has 2 aromatic rings. The largest absolute Gasteiger partial charge is 0.479 e. The molecule has 1 N–H and O–H groups in total. The highest BCUT2D eigenvalue weighted by Gasteiger charge is 2.21. The van der Waals surface area contributed by atoms with Crippen molar-refractivity contribution in [3.8, 4) is 5.75 Å². The van der Waals surface area contributed by atoms with Gasteiger partial charge in [-0.1, -0.05) is 35.8 Å². The van der Waals surface area contributed by atoms with Gasteiger partial charge in [0.15, 0.2) is 11.9 Å². The van der Waals surface area contributed by atoms with Crippen LogP contribution in [0.5, 0.6) is 5.75 Å². The van der Waals surface area contributed by atoms with Gasteiger partial charge in [0.25, 0.3) is 5.91 Å². The van der Waals surface area contributed by atoms with Gasteiger partial charge in [-0.2, -0.15) is 0 Å². The lowest BCUT2D eigenvalue weighted by Crippen LogP contribution is -2.32. The normalized spacial score (nSPS) is 11.9. The van der Waals surface area contributed by atoms with E-state index in [-0.39, 0.29) is 11.7 Å². The average molecular weight is 296 g/mol. The Morgan fingerprint density at radius 2 is 2.20 bits per heavy atom. The molecule has 1 heterocycles. The molecule has 0 unspecified atom stereocenters. The van der Waals surface area contributed by atoms with Crippen molar-refractivity contribution in [2.75, 3.05) is 5.32 Å². The van der Waals surface area contributed by atoms with E-state index >= 15 is 0 Å². The first-order valence-electron chi connectivity index (χ1n) is 6.13. The van der Waals surface area contributed by atoms with Gasteiger partial charge in [0.05, 0.1) is 5.02 Å². The number of benzene rings is 1. The summed E-state index contributed by atoms with van der Waals surface area (Å²) in [6, 6.07) is 6.99. The second-order valence-electron chi connectivity index (χ2n) is 4.13. The molecule has 0 aliphatic carbocycles. The molecule has 0 aliphatic rings. The molecule has 1 aromatic carbocycles. The van der Waals surface area contributed by atoms with Crippen molar-refractivity contribution in [1.29, 1.82) is 0 Å². The number of halogens is 1. The van der Waals surface area contributed by atoms with Gasteiger partial charge in [-0.3, -0.25) is 4.79 Å². The summed E-state index contributed by atoms with van der Waals surface area (Å²) < 4.78 is 10.1. The van der Waals surface area contributed by atoms with Crippen LogP contribution in [0.1, 0.15) is 19.0 Å². The third kappa shape index (κ3) is 3.27. The topological polar surface area (TPSA) is 77.2 Å². The summed E-state index contributed by atoms with van der Waals surface area (Å²) in [5.74, 6) is 0.425. The lowest BCUT2D eigenvalue weighted by Gasteiger charge is -2.17. The summed E-state index contributed by atoms with van der Waals surface area (Å²) in [6.07, 6.45) is -0.188. The zero-order valence-electron chi connectivity index (χ0n) is 11.1. The van der Waals surface area contributed by atoms with Crippen LogP contribution >= 0.6 is 11.6 Å². The molecule has 0 spiro atoms. The maximum Gasteiger partial charge on any atom is 0.266 e. The highest BCUT2D eigenvalue weighted by molar-refractivity contribution is 6.32. The smallest absolute Gasteiger partial charge is 0.266 e. The predicted molar refractivity (Wildman–Crippen MR) is 73.8 cm³/mol. The van der Waals surface area contributed by atoms with Crippen LogP contribution in [0.15, 0.2) is 28.9 Å². The van der Waals surface area contributed by atoms with Gasteiger partial charge in [-0.25, -0.2) is 4.63 Å². The Morgan fingerprint density at radius 3 is 2.80 bits per heavy atom. The quantitative estimate of drug-likeness (QED) is 0.917. The number of carbonyl (C=O) groups excluding carboxylic acids is 1. The van der Waals surface area contributed by atoms with E-state index in [1.807, 2.05) is 6.92 Å². The van der Waals surface area contributed by atoms with Crippen LogP contribution in [0.3, 0.4) is 0 Å². The number of anilines is 1. The fraction of sp³-hybridized carbons (Fsp3) is 0.308. The van der Waals surface area contributed by atoms with E-state index in [9.17, 15) is 4.79 Å². The van der Waals surface area contributed by atoms with Crippen molar-refractivity contribution in [2.45, 2.75) is 26.4 Å². The predicted octanol–water partition coefficient (Wildman–Crippen LogP) is 2.83. The van der Waals surface area contributed by atoms with Crippen molar-refractivity contribution in [3.05, 3.63) is 35.0 Å². The number of aryl methyl sites for hydroxylation is 1. The summed E-state index contributed by atoms with van der Waals surface area (Å²) >= 11 is 6.00. The molecule has 2 rings (SSSR count). The van der Waals surface area contributed by atoms with Crippen molar-refractivity contribution < 1.29 is 14.2 Å². The molecule has 1 atom stereocenters. The molecule has 106 valence electrons. The molecule has 0 bridgehead atoms. The standard InChI is InChI=1S/C13H14ClN3O3/c1-3-10(19-11-7-5-4-6-9(11)14)13(18)15-12-8(2)16-20-17-12/h4-7,10H,3H2,1-2H3,(H,15,17,18)/t10-/m1/s1. The van der Waals surface area contributed by atoms with Gasteiger partial charge in [0, 0.05) is 0 Å². The van der Waals surface area contributed by atoms with E-state index in [0.29, 0.717) is 22.9 Å². The van der Waals surface area contributed by atoms with Crippen LogP contribution in [-0.4, -0.2) is 22.3 Å². The van der Waals surface area contributed by atoms with E-state index in [1.165, 1.54) is 0 Å². The fourth-order valence-corrected chi connectivity index (χ4v) is 1.74. The number of ether oxygens (including phenoxy) is 1. The van der Waals surface area contributed by atoms with E-state index < -0.39 is 6.10 Å². The van der Waals surface area contributed by atoms with Gasteiger partial charge in [0.2, 0.25) is 0 Å². The van der Waals surface area contributed by atoms with Crippen LogP contribution in [0.4, 0.5) is 5.82 Å². The van der Waals surface area contributed by atoms with E-state index in [4.69, 9.17) is 16.3 Å². The third-order valence-corrected chi connectivity index (χ3v) is 2.98. The molecular weight excluding hydrogens is 282 g/mol. The van der Waals surface area contributed by atoms with E-state index in [1.54, 1.807) is 31.2 Å². The summed E-state index contributed by atoms with van der Waals surface area (Å²) in [5.41, 5.74) is 0.506. The molecule has 0 fully saturated rings. The van der Waals surface area contributed by atoms with Crippen LogP contribution < -0.4 is 10.1 Å². The summed E-state index contributed by atoms with van der Waals surface area (Å²) in [5, 5.41) is 10.3. The molecular formula is C13H14ClN3O3. The Labute approximate surface area is 121 Å². The Balaban J connectivity index is 2.07. The number of rotatable bonds is 5. The minimum Gasteiger partial charge on any atom is -0.479 e. The highest BCUT2D eigenvalue weighted by atomic mass is 35.5. The zero-order valence-corrected chi connectivity index (χ0v) is 11.8. The molecule has 6 nitrogen and oxygen atoms in total. The zero-order chi connectivity index (χ0) is 14.5. The maximum atomic E-state index is 12.1. The molecule has 0 radical (unpaired) electrons. The molecule has 1 amide bonds. The Morgan fingerprint density at radius 1 is 1.45 bits per heavy atom. The summed E-state index contributed by atoms with van der Waals surface area (Å²) in [7, 11) is 0. The minimum atomic E-state index is -0.675. The number of hydrogen-bond donors (Lipinski definition) is 1. The number of para-hydroxylation sites is 1. The number of nitrogens with one attached hydrogen (secondary N) is 1. The molecule has 0 saturated heterocycles. The SMILES string of the molecule is CC[C@@H](Oc1ccccc1Cl)C(=O)Nc1nonc1C. The Bertz CT molecular complexity index is 600. The fourth-order valence-electron chi connectivity index (χ4n) is 1.56. The number of aromatic nitrogens is 2. The number of carbonyl (C=O) groups is 1. The first-order valence-corrected chi connectivity index (χ1v) is 6.50. The molecule has 7 heteroatoms. The molecule has 0 aliphatic heterocycles. The molecule has 0 saturated carbocycles. The van der Waals surface area contributed by atoms with Crippen molar-refractivity contribution in [2.24, 2.45) is 0 Å². The van der Waals surface area contributed by atoms with Crippen LogP contribution in [0.2, 0.25) is 5.02 Å². The second kappa shape index (κ2) is 6.38. The maximum absolute atomic E-state index is 12.1. The van der Waals surface area contributed by atoms with Crippen LogP contribution in [0, 0.1) is 6.92 Å². The Hall–Kier alpha value is -2.08.